The summed E-state index contributed by atoms with van der Waals surface area (Å²) in [5.74, 6) is 0. The fourth-order valence-corrected chi connectivity index (χ4v) is 3.23. The van der Waals surface area contributed by atoms with E-state index in [0.717, 1.165) is 13.1 Å². The van der Waals surface area contributed by atoms with Crippen LogP contribution in [0.1, 0.15) is 28.8 Å². The second-order valence-electron chi connectivity index (χ2n) is 5.24. The molecule has 0 unspecified atom stereocenters. The van der Waals surface area contributed by atoms with Gasteiger partial charge in [0.15, 0.2) is 0 Å². The van der Waals surface area contributed by atoms with Crippen LogP contribution >= 0.6 is 0 Å². The molecule has 1 aromatic heterocycles. The van der Waals surface area contributed by atoms with Crippen molar-refractivity contribution in [3.63, 3.8) is 0 Å². The van der Waals surface area contributed by atoms with Crippen molar-refractivity contribution < 1.29 is 0 Å². The number of rotatable bonds is 0. The first-order chi connectivity index (χ1) is 8.18. The minimum Gasteiger partial charge on any atom is -0.346 e. The van der Waals surface area contributed by atoms with Crippen molar-refractivity contribution in [2.45, 2.75) is 33.2 Å². The first-order valence-electron chi connectivity index (χ1n) is 6.46. The predicted molar refractivity (Wildman–Crippen MR) is 72.4 cm³/mol. The van der Waals surface area contributed by atoms with Gasteiger partial charge in [-0.3, -0.25) is 0 Å². The van der Waals surface area contributed by atoms with E-state index in [1.165, 1.54) is 40.6 Å². The molecule has 2 nitrogen and oxygen atoms in total. The van der Waals surface area contributed by atoms with Gasteiger partial charge in [-0.1, -0.05) is 11.6 Å². The maximum Gasteiger partial charge on any atom is 0.0513 e. The van der Waals surface area contributed by atoms with Crippen LogP contribution in [0.4, 0.5) is 0 Å². The Hall–Kier alpha value is -1.28. The molecular formula is C15H20N2. The highest BCUT2D eigenvalue weighted by atomic mass is 15.0. The molecule has 1 aromatic carbocycles. The highest BCUT2D eigenvalue weighted by Crippen LogP contribution is 2.30. The molecule has 1 aliphatic rings. The summed E-state index contributed by atoms with van der Waals surface area (Å²) in [7, 11) is 2.20. The minimum absolute atomic E-state index is 1.01. The van der Waals surface area contributed by atoms with Gasteiger partial charge in [0, 0.05) is 24.7 Å². The highest BCUT2D eigenvalue weighted by Gasteiger charge is 2.18. The smallest absolute Gasteiger partial charge is 0.0513 e. The molecule has 3 rings (SSSR count). The maximum absolute atomic E-state index is 3.52. The predicted octanol–water partition coefficient (Wildman–Crippen LogP) is 2.83. The average molecular weight is 228 g/mol. The van der Waals surface area contributed by atoms with E-state index < -0.39 is 0 Å². The van der Waals surface area contributed by atoms with Gasteiger partial charge in [-0.05, 0) is 50.4 Å². The molecule has 90 valence electrons. The number of hydrogen-bond acceptors (Lipinski definition) is 1. The lowest BCUT2D eigenvalue weighted by Gasteiger charge is -2.06. The fourth-order valence-electron chi connectivity index (χ4n) is 3.23. The van der Waals surface area contributed by atoms with Crippen LogP contribution in [0.25, 0.3) is 10.9 Å². The van der Waals surface area contributed by atoms with Crippen molar-refractivity contribution >= 4 is 10.9 Å². The summed E-state index contributed by atoms with van der Waals surface area (Å²) in [6.07, 6.45) is 2.46. The SMILES string of the molecule is Cc1cc(C)c2c(c1)c1c(n2C)CNCCC1. The van der Waals surface area contributed by atoms with Gasteiger partial charge in [-0.2, -0.15) is 0 Å². The standard InChI is InChI=1S/C15H20N2/c1-10-7-11(2)15-13(8-10)12-5-4-6-16-9-14(12)17(15)3/h7-8,16H,4-6,9H2,1-3H3. The third-order valence-corrected chi connectivity index (χ3v) is 3.93. The van der Waals surface area contributed by atoms with Crippen LogP contribution in [0.2, 0.25) is 0 Å². The van der Waals surface area contributed by atoms with Crippen molar-refractivity contribution in [3.8, 4) is 0 Å². The lowest BCUT2D eigenvalue weighted by atomic mass is 10.0. The summed E-state index contributed by atoms with van der Waals surface area (Å²) in [4.78, 5) is 0. The molecule has 2 heteroatoms. The quantitative estimate of drug-likeness (QED) is 0.733. The monoisotopic (exact) mass is 228 g/mol. The average Bonchev–Trinajstić information content (AvgIpc) is 2.48. The van der Waals surface area contributed by atoms with Gasteiger partial charge in [0.2, 0.25) is 0 Å². The number of hydrogen-bond donors (Lipinski definition) is 1. The zero-order valence-electron chi connectivity index (χ0n) is 10.9. The van der Waals surface area contributed by atoms with E-state index >= 15 is 0 Å². The third kappa shape index (κ3) is 1.59. The van der Waals surface area contributed by atoms with Gasteiger partial charge in [0.05, 0.1) is 5.52 Å². The zero-order chi connectivity index (χ0) is 12.0. The molecule has 0 bridgehead atoms. The molecule has 0 saturated carbocycles. The molecule has 2 aromatic rings. The number of aromatic nitrogens is 1. The lowest BCUT2D eigenvalue weighted by molar-refractivity contribution is 0.660. The number of aryl methyl sites for hydroxylation is 4. The molecular weight excluding hydrogens is 208 g/mol. The molecule has 0 atom stereocenters. The number of benzene rings is 1. The Labute approximate surface area is 103 Å². The van der Waals surface area contributed by atoms with E-state index in [9.17, 15) is 0 Å². The van der Waals surface area contributed by atoms with Gasteiger partial charge < -0.3 is 9.88 Å². The Morgan fingerprint density at radius 1 is 1.24 bits per heavy atom. The Morgan fingerprint density at radius 3 is 2.88 bits per heavy atom. The molecule has 0 amide bonds. The number of nitrogens with zero attached hydrogens (tertiary/aromatic N) is 1. The highest BCUT2D eigenvalue weighted by molar-refractivity contribution is 5.89. The Kier molecular flexibility index (Phi) is 2.48. The number of fused-ring (bicyclic) bond motifs is 3. The third-order valence-electron chi connectivity index (χ3n) is 3.93. The van der Waals surface area contributed by atoms with Gasteiger partial charge in [-0.15, -0.1) is 0 Å². The van der Waals surface area contributed by atoms with Crippen molar-refractivity contribution in [2.24, 2.45) is 7.05 Å². The second-order valence-corrected chi connectivity index (χ2v) is 5.24. The van der Waals surface area contributed by atoms with E-state index in [-0.39, 0.29) is 0 Å². The summed E-state index contributed by atoms with van der Waals surface area (Å²) in [6.45, 7) is 6.57. The zero-order valence-corrected chi connectivity index (χ0v) is 10.9. The molecule has 1 aliphatic heterocycles. The first-order valence-corrected chi connectivity index (χ1v) is 6.46. The van der Waals surface area contributed by atoms with Gasteiger partial charge in [0.1, 0.15) is 0 Å². The molecule has 0 saturated heterocycles. The van der Waals surface area contributed by atoms with Crippen LogP contribution in [0.3, 0.4) is 0 Å². The molecule has 0 fully saturated rings. The van der Waals surface area contributed by atoms with Crippen LogP contribution in [0.5, 0.6) is 0 Å². The van der Waals surface area contributed by atoms with Gasteiger partial charge >= 0.3 is 0 Å². The largest absolute Gasteiger partial charge is 0.346 e. The molecule has 0 aliphatic carbocycles. The fraction of sp³-hybridized carbons (Fsp3) is 0.467. The first kappa shape index (κ1) is 10.8. The van der Waals surface area contributed by atoms with Gasteiger partial charge in [0.25, 0.3) is 0 Å². The normalized spacial score (nSPS) is 15.9. The summed E-state index contributed by atoms with van der Waals surface area (Å²) < 4.78 is 2.39. The molecule has 1 N–H and O–H groups in total. The summed E-state index contributed by atoms with van der Waals surface area (Å²) in [5.41, 5.74) is 7.24. The van der Waals surface area contributed by atoms with E-state index in [2.05, 4.69) is 42.9 Å². The molecule has 0 radical (unpaired) electrons. The summed E-state index contributed by atoms with van der Waals surface area (Å²) >= 11 is 0. The minimum atomic E-state index is 1.01. The van der Waals surface area contributed by atoms with Crippen LogP contribution in [0, 0.1) is 13.8 Å². The molecule has 2 heterocycles. The van der Waals surface area contributed by atoms with E-state index in [1.807, 2.05) is 0 Å². The maximum atomic E-state index is 3.52. The van der Waals surface area contributed by atoms with E-state index in [1.54, 1.807) is 5.56 Å². The molecule has 0 spiro atoms. The van der Waals surface area contributed by atoms with Crippen molar-refractivity contribution in [2.75, 3.05) is 6.54 Å². The van der Waals surface area contributed by atoms with Crippen molar-refractivity contribution in [1.29, 1.82) is 0 Å². The molecule has 17 heavy (non-hydrogen) atoms. The second kappa shape index (κ2) is 3.88. The van der Waals surface area contributed by atoms with Crippen molar-refractivity contribution in [1.82, 2.24) is 9.88 Å². The topological polar surface area (TPSA) is 17.0 Å². The van der Waals surface area contributed by atoms with Crippen molar-refractivity contribution in [3.05, 3.63) is 34.5 Å². The van der Waals surface area contributed by atoms with Crippen LogP contribution in [-0.2, 0) is 20.0 Å². The van der Waals surface area contributed by atoms with Crippen LogP contribution < -0.4 is 5.32 Å². The summed E-state index contributed by atoms with van der Waals surface area (Å²) in [5, 5.41) is 4.99. The Balaban J connectivity index is 2.37. The number of nitrogens with one attached hydrogen (secondary N) is 1. The van der Waals surface area contributed by atoms with Crippen LogP contribution in [0.15, 0.2) is 12.1 Å². The lowest BCUT2D eigenvalue weighted by Crippen LogP contribution is -2.14. The van der Waals surface area contributed by atoms with Gasteiger partial charge in [-0.25, -0.2) is 0 Å². The Morgan fingerprint density at radius 2 is 2.06 bits per heavy atom. The van der Waals surface area contributed by atoms with E-state index in [4.69, 9.17) is 0 Å². The summed E-state index contributed by atoms with van der Waals surface area (Å²) in [6, 6.07) is 4.64. The van der Waals surface area contributed by atoms with E-state index in [0.29, 0.717) is 0 Å². The Bertz CT molecular complexity index is 578. The van der Waals surface area contributed by atoms with Crippen LogP contribution in [-0.4, -0.2) is 11.1 Å².